The summed E-state index contributed by atoms with van der Waals surface area (Å²) in [5, 5.41) is 8.51. The van der Waals surface area contributed by atoms with E-state index >= 15 is 0 Å². The van der Waals surface area contributed by atoms with Crippen LogP contribution in [-0.4, -0.2) is 0 Å². The summed E-state index contributed by atoms with van der Waals surface area (Å²) >= 11 is 0. The molecule has 128 valence electrons. The van der Waals surface area contributed by atoms with Crippen molar-refractivity contribution in [1.82, 2.24) is 0 Å². The van der Waals surface area contributed by atoms with Crippen LogP contribution in [0.15, 0.2) is 24.1 Å². The number of halogens is 1. The van der Waals surface area contributed by atoms with Crippen LogP contribution in [0.4, 0.5) is 4.39 Å². The number of hydrogen-bond donors (Lipinski definition) is 0. The van der Waals surface area contributed by atoms with Gasteiger partial charge >= 0.3 is 0 Å². The Hall–Kier alpha value is -1.10. The fraction of sp³-hybridized carbons (Fsp3) is 0.762. The lowest BCUT2D eigenvalue weighted by molar-refractivity contribution is 0.288. The molecular weight excluding hydrogens is 285 g/mol. The van der Waals surface area contributed by atoms with Crippen LogP contribution < -0.4 is 0 Å². The highest BCUT2D eigenvalue weighted by Gasteiger charge is 2.21. The van der Waals surface area contributed by atoms with Crippen LogP contribution in [0.2, 0.25) is 0 Å². The van der Waals surface area contributed by atoms with Gasteiger partial charge in [-0.3, -0.25) is 0 Å². The third kappa shape index (κ3) is 6.50. The number of unbranched alkanes of at least 4 members (excludes halogenated alkanes) is 1. The first kappa shape index (κ1) is 18.2. The Balaban J connectivity index is 1.67. The van der Waals surface area contributed by atoms with E-state index < -0.39 is 5.83 Å². The van der Waals surface area contributed by atoms with Crippen LogP contribution in [-0.2, 0) is 0 Å². The average Bonchev–Trinajstić information content (AvgIpc) is 2.60. The van der Waals surface area contributed by atoms with Gasteiger partial charge in [-0.15, -0.1) is 0 Å². The molecular formula is C21H32FN. The average molecular weight is 317 g/mol. The Labute approximate surface area is 141 Å². The first-order valence-corrected chi connectivity index (χ1v) is 9.67. The number of nitrogens with zero attached hydrogens (tertiary/aromatic N) is 1. The van der Waals surface area contributed by atoms with Crippen LogP contribution in [0, 0.1) is 35.0 Å². The van der Waals surface area contributed by atoms with Crippen molar-refractivity contribution in [3.05, 3.63) is 24.1 Å². The Morgan fingerprint density at radius 2 is 1.48 bits per heavy atom. The van der Waals surface area contributed by atoms with E-state index in [-0.39, 0.29) is 5.92 Å². The molecule has 2 fully saturated rings. The number of rotatable bonds is 6. The monoisotopic (exact) mass is 317 g/mol. The third-order valence-corrected chi connectivity index (χ3v) is 5.82. The first-order chi connectivity index (χ1) is 11.2. The molecule has 0 aromatic carbocycles. The van der Waals surface area contributed by atoms with Crippen molar-refractivity contribution < 1.29 is 4.39 Å². The summed E-state index contributed by atoms with van der Waals surface area (Å²) < 4.78 is 13.0. The lowest BCUT2D eigenvalue weighted by Crippen LogP contribution is -2.14. The molecule has 0 aliphatic heterocycles. The molecule has 2 heteroatoms. The Morgan fingerprint density at radius 3 is 2.00 bits per heavy atom. The van der Waals surface area contributed by atoms with Crippen molar-refractivity contribution in [2.45, 2.75) is 77.6 Å². The molecule has 2 aliphatic carbocycles. The molecule has 2 aliphatic rings. The minimum Gasteiger partial charge on any atom is -0.195 e. The maximum atomic E-state index is 13.0. The smallest absolute Gasteiger partial charge is 0.195 e. The highest BCUT2D eigenvalue weighted by molar-refractivity contribution is 5.13. The van der Waals surface area contributed by atoms with Crippen molar-refractivity contribution in [3.63, 3.8) is 0 Å². The maximum absolute atomic E-state index is 13.0. The molecule has 2 saturated carbocycles. The van der Waals surface area contributed by atoms with Crippen molar-refractivity contribution in [2.24, 2.45) is 23.7 Å². The molecule has 0 bridgehead atoms. The van der Waals surface area contributed by atoms with Gasteiger partial charge in [0, 0.05) is 0 Å². The molecule has 0 unspecified atom stereocenters. The van der Waals surface area contributed by atoms with Gasteiger partial charge in [0.05, 0.1) is 0 Å². The fourth-order valence-corrected chi connectivity index (χ4v) is 4.22. The van der Waals surface area contributed by atoms with E-state index in [1.807, 2.05) is 0 Å². The Bertz CT molecular complexity index is 429. The SMILES string of the molecule is CCCCC1CCC(C=CC2CCC(C=C(F)C#N)CC2)CC1. The molecule has 0 saturated heterocycles. The van der Waals surface area contributed by atoms with Gasteiger partial charge in [0.25, 0.3) is 0 Å². The maximum Gasteiger partial charge on any atom is 0.196 e. The molecule has 0 atom stereocenters. The van der Waals surface area contributed by atoms with E-state index in [1.54, 1.807) is 6.07 Å². The molecule has 0 aromatic rings. The summed E-state index contributed by atoms with van der Waals surface area (Å²) in [6.45, 7) is 2.29. The summed E-state index contributed by atoms with van der Waals surface area (Å²) in [4.78, 5) is 0. The Kier molecular flexibility index (Phi) is 7.86. The van der Waals surface area contributed by atoms with Crippen molar-refractivity contribution in [3.8, 4) is 6.07 Å². The van der Waals surface area contributed by atoms with Crippen molar-refractivity contribution in [1.29, 1.82) is 5.26 Å². The van der Waals surface area contributed by atoms with E-state index in [1.165, 1.54) is 51.0 Å². The summed E-state index contributed by atoms with van der Waals surface area (Å²) in [6, 6.07) is 1.59. The van der Waals surface area contributed by atoms with Crippen LogP contribution >= 0.6 is 0 Å². The second-order valence-corrected chi connectivity index (χ2v) is 7.61. The van der Waals surface area contributed by atoms with Gasteiger partial charge in [-0.05, 0) is 81.1 Å². The quantitative estimate of drug-likeness (QED) is 0.394. The molecule has 0 N–H and O–H groups in total. The van der Waals surface area contributed by atoms with E-state index in [4.69, 9.17) is 5.26 Å². The van der Waals surface area contributed by atoms with Crippen LogP contribution in [0.1, 0.15) is 77.6 Å². The summed E-state index contributed by atoms with van der Waals surface area (Å²) in [6.07, 6.45) is 20.5. The van der Waals surface area contributed by atoms with E-state index in [9.17, 15) is 4.39 Å². The van der Waals surface area contributed by atoms with E-state index in [2.05, 4.69) is 19.1 Å². The predicted octanol–water partition coefficient (Wildman–Crippen LogP) is 6.72. The van der Waals surface area contributed by atoms with Crippen LogP contribution in [0.5, 0.6) is 0 Å². The Morgan fingerprint density at radius 1 is 0.957 bits per heavy atom. The van der Waals surface area contributed by atoms with E-state index in [0.717, 1.165) is 37.5 Å². The van der Waals surface area contributed by atoms with Crippen molar-refractivity contribution >= 4 is 0 Å². The van der Waals surface area contributed by atoms with Gasteiger partial charge in [0.2, 0.25) is 0 Å². The normalized spacial score (nSPS) is 32.8. The minimum atomic E-state index is -0.608. The van der Waals surface area contributed by atoms with Crippen molar-refractivity contribution in [2.75, 3.05) is 0 Å². The first-order valence-electron chi connectivity index (χ1n) is 9.67. The third-order valence-electron chi connectivity index (χ3n) is 5.82. The standard InChI is InChI=1S/C21H32FN/c1-2-3-4-17-5-7-18(8-6-17)9-10-19-11-13-20(14-12-19)15-21(22)16-23/h9-10,15,17-20H,2-8,11-14H2,1H3. The van der Waals surface area contributed by atoms with E-state index in [0.29, 0.717) is 5.92 Å². The number of allylic oxidation sites excluding steroid dienone is 4. The molecule has 0 aromatic heterocycles. The second kappa shape index (κ2) is 9.91. The molecule has 0 spiro atoms. The molecule has 1 nitrogen and oxygen atoms in total. The van der Waals surface area contributed by atoms with Crippen LogP contribution in [0.25, 0.3) is 0 Å². The molecule has 0 radical (unpaired) electrons. The highest BCUT2D eigenvalue weighted by atomic mass is 19.1. The summed E-state index contributed by atoms with van der Waals surface area (Å²) in [5.74, 6) is 2.11. The fourth-order valence-electron chi connectivity index (χ4n) is 4.22. The highest BCUT2D eigenvalue weighted by Crippen LogP contribution is 2.35. The lowest BCUT2D eigenvalue weighted by Gasteiger charge is -2.28. The zero-order valence-corrected chi connectivity index (χ0v) is 14.6. The molecule has 0 heterocycles. The lowest BCUT2D eigenvalue weighted by atomic mass is 9.78. The molecule has 2 rings (SSSR count). The van der Waals surface area contributed by atoms with Gasteiger partial charge in [0.1, 0.15) is 6.07 Å². The largest absolute Gasteiger partial charge is 0.196 e. The van der Waals surface area contributed by atoms with Gasteiger partial charge in [-0.25, -0.2) is 0 Å². The topological polar surface area (TPSA) is 23.8 Å². The van der Waals surface area contributed by atoms with Gasteiger partial charge in [-0.1, -0.05) is 38.3 Å². The molecule has 23 heavy (non-hydrogen) atoms. The predicted molar refractivity (Wildman–Crippen MR) is 94.4 cm³/mol. The van der Waals surface area contributed by atoms with Gasteiger partial charge < -0.3 is 0 Å². The number of hydrogen-bond acceptors (Lipinski definition) is 1. The summed E-state index contributed by atoms with van der Waals surface area (Å²) in [7, 11) is 0. The molecule has 0 amide bonds. The summed E-state index contributed by atoms with van der Waals surface area (Å²) in [5.41, 5.74) is 0. The second-order valence-electron chi connectivity index (χ2n) is 7.61. The van der Waals surface area contributed by atoms with Crippen LogP contribution in [0.3, 0.4) is 0 Å². The number of nitriles is 1. The zero-order valence-electron chi connectivity index (χ0n) is 14.6. The van der Waals surface area contributed by atoms with Gasteiger partial charge in [-0.2, -0.15) is 9.65 Å². The minimum absolute atomic E-state index is 0.272. The van der Waals surface area contributed by atoms with Gasteiger partial charge in [0.15, 0.2) is 5.83 Å². The zero-order chi connectivity index (χ0) is 16.5.